The molecule has 0 aromatic rings. The van der Waals surface area contributed by atoms with Crippen molar-refractivity contribution in [3.05, 3.63) is 0 Å². The molecule has 1 atom stereocenters. The lowest BCUT2D eigenvalue weighted by Crippen LogP contribution is -3.14. The van der Waals surface area contributed by atoms with Gasteiger partial charge in [0.2, 0.25) is 0 Å². The maximum absolute atomic E-state index is 11.1. The molecule has 0 aliphatic carbocycles. The van der Waals surface area contributed by atoms with Crippen LogP contribution in [0, 0.1) is 0 Å². The summed E-state index contributed by atoms with van der Waals surface area (Å²) in [6, 6.07) is 0. The largest absolute Gasteiger partial charge is 0.462 e. The van der Waals surface area contributed by atoms with Gasteiger partial charge in [-0.2, -0.15) is 0 Å². The Hall–Kier alpha value is 0.0400. The average molecular weight is 402 g/mol. The molecule has 1 fully saturated rings. The van der Waals surface area contributed by atoms with Gasteiger partial charge in [0.05, 0.1) is 39.6 Å². The number of esters is 1. The summed E-state index contributed by atoms with van der Waals surface area (Å²) in [6.45, 7) is 9.27. The van der Waals surface area contributed by atoms with E-state index < -0.39 is 0 Å². The second kappa shape index (κ2) is 11.7. The van der Waals surface area contributed by atoms with E-state index in [-0.39, 0.29) is 9.89 Å². The van der Waals surface area contributed by atoms with E-state index in [0.29, 0.717) is 26.4 Å². The lowest BCUT2D eigenvalue weighted by atomic mass is 10.4. The molecule has 7 heteroatoms. The van der Waals surface area contributed by atoms with Crippen LogP contribution in [0.15, 0.2) is 0 Å². The first-order valence-corrected chi connectivity index (χ1v) is 8.32. The Bertz CT molecular complexity index is 259. The molecule has 1 unspecified atom stereocenters. The summed E-state index contributed by atoms with van der Waals surface area (Å²) in [5.41, 5.74) is 0. The standard InChI is InChI=1S/C13H24INO5/c1-12(14)13(16)20-11-10-19-9-8-18-7-4-15-2-5-17-6-3-15/h12H,2-11H2,1H3/p+1. The van der Waals surface area contributed by atoms with Crippen LogP contribution in [0.5, 0.6) is 0 Å². The molecule has 1 saturated heterocycles. The van der Waals surface area contributed by atoms with Crippen molar-refractivity contribution in [2.75, 3.05) is 65.9 Å². The molecule has 0 radical (unpaired) electrons. The summed E-state index contributed by atoms with van der Waals surface area (Å²) < 4.78 is 21.0. The molecule has 1 aliphatic rings. The van der Waals surface area contributed by atoms with Crippen LogP contribution < -0.4 is 4.90 Å². The van der Waals surface area contributed by atoms with Crippen molar-refractivity contribution in [3.8, 4) is 0 Å². The van der Waals surface area contributed by atoms with E-state index in [1.807, 2.05) is 22.6 Å². The van der Waals surface area contributed by atoms with Crippen LogP contribution in [0.3, 0.4) is 0 Å². The number of quaternary nitrogens is 1. The summed E-state index contributed by atoms with van der Waals surface area (Å²) in [5, 5.41) is 0. The second-order valence-corrected chi connectivity index (χ2v) is 6.49. The van der Waals surface area contributed by atoms with E-state index in [1.54, 1.807) is 6.92 Å². The summed E-state index contributed by atoms with van der Waals surface area (Å²) in [4.78, 5) is 12.7. The molecule has 20 heavy (non-hydrogen) atoms. The number of ether oxygens (including phenoxy) is 4. The van der Waals surface area contributed by atoms with Gasteiger partial charge in [-0.1, -0.05) is 22.6 Å². The molecule has 0 saturated carbocycles. The van der Waals surface area contributed by atoms with Crippen molar-refractivity contribution >= 4 is 28.6 Å². The van der Waals surface area contributed by atoms with E-state index in [4.69, 9.17) is 18.9 Å². The van der Waals surface area contributed by atoms with Crippen molar-refractivity contribution in [3.63, 3.8) is 0 Å². The summed E-state index contributed by atoms with van der Waals surface area (Å²) in [6.07, 6.45) is 0. The third-order valence-corrected chi connectivity index (χ3v) is 3.48. The first-order valence-electron chi connectivity index (χ1n) is 7.07. The Kier molecular flexibility index (Phi) is 10.6. The summed E-state index contributed by atoms with van der Waals surface area (Å²) >= 11 is 2.03. The van der Waals surface area contributed by atoms with Gasteiger partial charge in [-0.25, -0.2) is 0 Å². The van der Waals surface area contributed by atoms with Gasteiger partial charge in [-0.3, -0.25) is 4.79 Å². The van der Waals surface area contributed by atoms with Gasteiger partial charge < -0.3 is 23.8 Å². The highest BCUT2D eigenvalue weighted by atomic mass is 127. The molecular formula is C13H25INO5+. The Morgan fingerprint density at radius 3 is 2.40 bits per heavy atom. The SMILES string of the molecule is CC(I)C(=O)OCCOCCOCC[NH+]1CCOCC1. The van der Waals surface area contributed by atoms with Gasteiger partial charge in [0.15, 0.2) is 0 Å². The molecular weight excluding hydrogens is 377 g/mol. The zero-order chi connectivity index (χ0) is 14.6. The molecule has 0 bridgehead atoms. The number of rotatable bonds is 10. The molecule has 118 valence electrons. The zero-order valence-electron chi connectivity index (χ0n) is 12.1. The minimum atomic E-state index is -0.195. The highest BCUT2D eigenvalue weighted by molar-refractivity contribution is 14.1. The number of morpholine rings is 1. The maximum atomic E-state index is 11.1. The quantitative estimate of drug-likeness (QED) is 0.227. The molecule has 6 nitrogen and oxygen atoms in total. The first kappa shape index (κ1) is 18.1. The molecule has 0 spiro atoms. The fraction of sp³-hybridized carbons (Fsp3) is 0.923. The lowest BCUT2D eigenvalue weighted by molar-refractivity contribution is -0.908. The van der Waals surface area contributed by atoms with Gasteiger partial charge in [0, 0.05) is 0 Å². The van der Waals surface area contributed by atoms with Crippen LogP contribution in [-0.4, -0.2) is 75.8 Å². The number of alkyl halides is 1. The summed E-state index contributed by atoms with van der Waals surface area (Å²) in [7, 11) is 0. The second-order valence-electron chi connectivity index (χ2n) is 4.62. The Morgan fingerprint density at radius 1 is 1.15 bits per heavy atom. The highest BCUT2D eigenvalue weighted by Gasteiger charge is 2.12. The van der Waals surface area contributed by atoms with Crippen molar-refractivity contribution in [2.45, 2.75) is 10.8 Å². The van der Waals surface area contributed by atoms with Gasteiger partial charge in [-0.05, 0) is 6.92 Å². The van der Waals surface area contributed by atoms with Crippen LogP contribution in [0.1, 0.15) is 6.92 Å². The summed E-state index contributed by atoms with van der Waals surface area (Å²) in [5.74, 6) is -0.195. The molecule has 0 amide bonds. The number of halogens is 1. The number of carbonyl (C=O) groups is 1. The van der Waals surface area contributed by atoms with Crippen LogP contribution in [0.25, 0.3) is 0 Å². The molecule has 0 aromatic carbocycles. The molecule has 1 aliphatic heterocycles. The smallest absolute Gasteiger partial charge is 0.318 e. The van der Waals surface area contributed by atoms with E-state index in [2.05, 4.69) is 0 Å². The minimum absolute atomic E-state index is 0.112. The van der Waals surface area contributed by atoms with E-state index in [0.717, 1.165) is 39.5 Å². The zero-order valence-corrected chi connectivity index (χ0v) is 14.2. The van der Waals surface area contributed by atoms with Crippen molar-refractivity contribution in [2.24, 2.45) is 0 Å². The predicted molar refractivity (Wildman–Crippen MR) is 82.5 cm³/mol. The fourth-order valence-electron chi connectivity index (χ4n) is 1.76. The molecule has 1 heterocycles. The van der Waals surface area contributed by atoms with Crippen molar-refractivity contribution in [1.82, 2.24) is 0 Å². The van der Waals surface area contributed by atoms with Crippen molar-refractivity contribution in [1.29, 1.82) is 0 Å². The number of carbonyl (C=O) groups excluding carboxylic acids is 1. The van der Waals surface area contributed by atoms with Gasteiger partial charge in [0.25, 0.3) is 0 Å². The van der Waals surface area contributed by atoms with Gasteiger partial charge in [0.1, 0.15) is 30.2 Å². The Labute approximate surface area is 134 Å². The van der Waals surface area contributed by atoms with E-state index >= 15 is 0 Å². The maximum Gasteiger partial charge on any atom is 0.318 e. The molecule has 0 aromatic heterocycles. The monoisotopic (exact) mass is 402 g/mol. The first-order chi connectivity index (χ1) is 9.70. The highest BCUT2D eigenvalue weighted by Crippen LogP contribution is 2.00. The number of hydrogen-bond donors (Lipinski definition) is 1. The number of hydrogen-bond acceptors (Lipinski definition) is 5. The topological polar surface area (TPSA) is 58.4 Å². The van der Waals surface area contributed by atoms with Gasteiger partial charge >= 0.3 is 5.97 Å². The van der Waals surface area contributed by atoms with Crippen LogP contribution in [0.4, 0.5) is 0 Å². The van der Waals surface area contributed by atoms with E-state index in [9.17, 15) is 4.79 Å². The van der Waals surface area contributed by atoms with E-state index in [1.165, 1.54) is 4.90 Å². The van der Waals surface area contributed by atoms with Gasteiger partial charge in [-0.15, -0.1) is 0 Å². The third kappa shape index (κ3) is 9.06. The van der Waals surface area contributed by atoms with Crippen LogP contribution >= 0.6 is 22.6 Å². The normalized spacial score (nSPS) is 17.9. The lowest BCUT2D eigenvalue weighted by Gasteiger charge is -2.23. The molecule has 1 N–H and O–H groups in total. The van der Waals surface area contributed by atoms with Crippen molar-refractivity contribution < 1.29 is 28.6 Å². The Balaban J connectivity index is 1.79. The minimum Gasteiger partial charge on any atom is -0.462 e. The third-order valence-electron chi connectivity index (χ3n) is 2.97. The van der Waals surface area contributed by atoms with Crippen LogP contribution in [-0.2, 0) is 23.7 Å². The Morgan fingerprint density at radius 2 is 1.75 bits per heavy atom. The average Bonchev–Trinajstić information content (AvgIpc) is 2.46. The number of nitrogens with one attached hydrogen (secondary N) is 1. The predicted octanol–water partition coefficient (Wildman–Crippen LogP) is -0.699. The van der Waals surface area contributed by atoms with Crippen LogP contribution in [0.2, 0.25) is 0 Å². The molecule has 1 rings (SSSR count). The fourth-order valence-corrected chi connectivity index (χ4v) is 1.94.